The van der Waals surface area contributed by atoms with Crippen molar-refractivity contribution >= 4 is 34.2 Å². The second-order valence-electron chi connectivity index (χ2n) is 3.12. The third-order valence-electron chi connectivity index (χ3n) is 2.30. The minimum Gasteiger partial charge on any atom is -0.381 e. The molecule has 1 fully saturated rings. The number of ether oxygens (including phenoxy) is 1. The number of hydrogen-bond acceptors (Lipinski definition) is 2. The van der Waals surface area contributed by atoms with Gasteiger partial charge in [0.1, 0.15) is 3.70 Å². The molecule has 0 aliphatic carbocycles. The predicted molar refractivity (Wildman–Crippen MR) is 59.1 cm³/mol. The van der Waals surface area contributed by atoms with Gasteiger partial charge in [-0.2, -0.15) is 5.10 Å². The van der Waals surface area contributed by atoms with Crippen LogP contribution in [0.4, 0.5) is 0 Å². The van der Waals surface area contributed by atoms with Crippen molar-refractivity contribution in [1.29, 1.82) is 0 Å². The van der Waals surface area contributed by atoms with Crippen LogP contribution in [0.2, 0.25) is 5.02 Å². The average molecular weight is 313 g/mol. The van der Waals surface area contributed by atoms with E-state index in [-0.39, 0.29) is 0 Å². The molecule has 0 amide bonds. The zero-order chi connectivity index (χ0) is 9.26. The van der Waals surface area contributed by atoms with Gasteiger partial charge in [0.25, 0.3) is 0 Å². The first-order valence-electron chi connectivity index (χ1n) is 4.26. The molecule has 2 rings (SSSR count). The van der Waals surface area contributed by atoms with Gasteiger partial charge in [-0.25, -0.2) is 0 Å². The van der Waals surface area contributed by atoms with E-state index in [2.05, 4.69) is 32.8 Å². The fourth-order valence-corrected chi connectivity index (χ4v) is 2.20. The van der Waals surface area contributed by atoms with Gasteiger partial charge in [-0.05, 0) is 35.4 Å². The molecule has 1 aromatic rings. The van der Waals surface area contributed by atoms with E-state index in [1.54, 1.807) is 0 Å². The average Bonchev–Trinajstić information content (AvgIpc) is 2.49. The highest BCUT2D eigenvalue weighted by atomic mass is 127. The summed E-state index contributed by atoms with van der Waals surface area (Å²) in [5.74, 6) is 0.473. The number of H-pyrrole nitrogens is 1. The summed E-state index contributed by atoms with van der Waals surface area (Å²) >= 11 is 8.26. The molecule has 1 N–H and O–H groups in total. The fourth-order valence-electron chi connectivity index (χ4n) is 1.56. The monoisotopic (exact) mass is 312 g/mol. The molecule has 0 unspecified atom stereocenters. The Morgan fingerprint density at radius 2 is 2.15 bits per heavy atom. The van der Waals surface area contributed by atoms with Crippen LogP contribution in [0, 0.1) is 3.70 Å². The summed E-state index contributed by atoms with van der Waals surface area (Å²) in [6, 6.07) is 0. The van der Waals surface area contributed by atoms with Gasteiger partial charge < -0.3 is 4.74 Å². The van der Waals surface area contributed by atoms with Crippen LogP contribution in [0.5, 0.6) is 0 Å². The molecule has 1 aromatic heterocycles. The summed E-state index contributed by atoms with van der Waals surface area (Å²) < 4.78 is 6.22. The van der Waals surface area contributed by atoms with Crippen molar-refractivity contribution in [2.45, 2.75) is 18.8 Å². The molecule has 1 aliphatic heterocycles. The maximum atomic E-state index is 6.10. The van der Waals surface area contributed by atoms with E-state index in [0.717, 1.165) is 40.5 Å². The van der Waals surface area contributed by atoms with Crippen LogP contribution in [0.25, 0.3) is 0 Å². The number of nitrogens with zero attached hydrogens (tertiary/aromatic N) is 1. The number of rotatable bonds is 1. The van der Waals surface area contributed by atoms with E-state index in [4.69, 9.17) is 16.3 Å². The fraction of sp³-hybridized carbons (Fsp3) is 0.625. The first-order chi connectivity index (χ1) is 6.29. The Kier molecular flexibility index (Phi) is 3.10. The molecule has 72 valence electrons. The Labute approximate surface area is 95.3 Å². The second-order valence-corrected chi connectivity index (χ2v) is 4.58. The highest BCUT2D eigenvalue weighted by molar-refractivity contribution is 14.1. The molecule has 0 radical (unpaired) electrons. The molecule has 0 atom stereocenters. The molecule has 0 aromatic carbocycles. The number of hydrogen-bond donors (Lipinski definition) is 1. The maximum absolute atomic E-state index is 6.10. The van der Waals surface area contributed by atoms with E-state index in [9.17, 15) is 0 Å². The minimum absolute atomic E-state index is 0.473. The summed E-state index contributed by atoms with van der Waals surface area (Å²) in [4.78, 5) is 0. The van der Waals surface area contributed by atoms with Gasteiger partial charge in [-0.1, -0.05) is 11.6 Å². The van der Waals surface area contributed by atoms with Gasteiger partial charge in [0.05, 0.1) is 10.7 Å². The second kappa shape index (κ2) is 4.14. The predicted octanol–water partition coefficient (Wildman–Crippen LogP) is 2.56. The molecule has 2 heterocycles. The topological polar surface area (TPSA) is 37.9 Å². The van der Waals surface area contributed by atoms with Crippen LogP contribution in [0.15, 0.2) is 0 Å². The summed E-state index contributed by atoms with van der Waals surface area (Å²) in [6.07, 6.45) is 2.06. The molecular formula is C8H10ClIN2O. The number of halogens is 2. The van der Waals surface area contributed by atoms with Crippen LogP contribution in [0.3, 0.4) is 0 Å². The standard InChI is InChI=1S/C8H10ClIN2O/c9-6-7(11-12-8(6)10)5-1-3-13-4-2-5/h5H,1-4H2,(H,11,12). The summed E-state index contributed by atoms with van der Waals surface area (Å²) in [5, 5.41) is 7.90. The Morgan fingerprint density at radius 1 is 1.46 bits per heavy atom. The lowest BCUT2D eigenvalue weighted by molar-refractivity contribution is 0.0845. The lowest BCUT2D eigenvalue weighted by Crippen LogP contribution is -2.14. The zero-order valence-corrected chi connectivity index (χ0v) is 9.93. The zero-order valence-electron chi connectivity index (χ0n) is 7.02. The Bertz CT molecular complexity index is 296. The van der Waals surface area contributed by atoms with Gasteiger partial charge in [0, 0.05) is 19.1 Å². The molecule has 3 nitrogen and oxygen atoms in total. The summed E-state index contributed by atoms with van der Waals surface area (Å²) in [5.41, 5.74) is 1.01. The van der Waals surface area contributed by atoms with Gasteiger partial charge >= 0.3 is 0 Å². The highest BCUT2D eigenvalue weighted by Crippen LogP contribution is 2.32. The van der Waals surface area contributed by atoms with Crippen LogP contribution in [-0.4, -0.2) is 23.4 Å². The van der Waals surface area contributed by atoms with E-state index in [1.807, 2.05) is 0 Å². The van der Waals surface area contributed by atoms with E-state index in [1.165, 1.54) is 0 Å². The van der Waals surface area contributed by atoms with E-state index in [0.29, 0.717) is 5.92 Å². The quantitative estimate of drug-likeness (QED) is 0.809. The van der Waals surface area contributed by atoms with Crippen molar-refractivity contribution in [3.63, 3.8) is 0 Å². The lowest BCUT2D eigenvalue weighted by atomic mass is 9.97. The van der Waals surface area contributed by atoms with Crippen LogP contribution in [0.1, 0.15) is 24.5 Å². The third-order valence-corrected chi connectivity index (χ3v) is 3.78. The first-order valence-corrected chi connectivity index (χ1v) is 5.71. The van der Waals surface area contributed by atoms with Gasteiger partial charge in [-0.3, -0.25) is 5.10 Å². The van der Waals surface area contributed by atoms with Gasteiger partial charge in [0.15, 0.2) is 0 Å². The van der Waals surface area contributed by atoms with Crippen molar-refractivity contribution in [2.75, 3.05) is 13.2 Å². The first kappa shape index (κ1) is 9.73. The molecule has 13 heavy (non-hydrogen) atoms. The van der Waals surface area contributed by atoms with Gasteiger partial charge in [0.2, 0.25) is 0 Å². The largest absolute Gasteiger partial charge is 0.381 e. The lowest BCUT2D eigenvalue weighted by Gasteiger charge is -2.20. The molecule has 1 saturated heterocycles. The summed E-state index contributed by atoms with van der Waals surface area (Å²) in [7, 11) is 0. The summed E-state index contributed by atoms with van der Waals surface area (Å²) in [6.45, 7) is 1.65. The van der Waals surface area contributed by atoms with Crippen molar-refractivity contribution in [2.24, 2.45) is 0 Å². The molecule has 5 heteroatoms. The van der Waals surface area contributed by atoms with Crippen molar-refractivity contribution in [1.82, 2.24) is 10.2 Å². The Balaban J connectivity index is 2.18. The van der Waals surface area contributed by atoms with Gasteiger partial charge in [-0.15, -0.1) is 0 Å². The normalized spacial score (nSPS) is 19.2. The Morgan fingerprint density at radius 3 is 2.69 bits per heavy atom. The number of aromatic amines is 1. The third kappa shape index (κ3) is 1.99. The smallest absolute Gasteiger partial charge is 0.115 e. The minimum atomic E-state index is 0.473. The maximum Gasteiger partial charge on any atom is 0.115 e. The molecule has 1 aliphatic rings. The van der Waals surface area contributed by atoms with Crippen LogP contribution < -0.4 is 0 Å². The van der Waals surface area contributed by atoms with Crippen molar-refractivity contribution in [3.8, 4) is 0 Å². The van der Waals surface area contributed by atoms with Crippen molar-refractivity contribution in [3.05, 3.63) is 14.4 Å². The Hall–Kier alpha value is 0.190. The van der Waals surface area contributed by atoms with E-state index >= 15 is 0 Å². The molecule has 0 saturated carbocycles. The van der Waals surface area contributed by atoms with E-state index < -0.39 is 0 Å². The van der Waals surface area contributed by atoms with Crippen LogP contribution in [-0.2, 0) is 4.74 Å². The van der Waals surface area contributed by atoms with Crippen LogP contribution >= 0.6 is 34.2 Å². The SMILES string of the molecule is Clc1c(C2CCOCC2)n[nH]c1I. The molecule has 0 spiro atoms. The number of aromatic nitrogens is 2. The van der Waals surface area contributed by atoms with Crippen molar-refractivity contribution < 1.29 is 4.74 Å². The highest BCUT2D eigenvalue weighted by Gasteiger charge is 2.22. The number of nitrogens with one attached hydrogen (secondary N) is 1. The molecular weight excluding hydrogens is 302 g/mol. The molecule has 0 bridgehead atoms.